The van der Waals surface area contributed by atoms with E-state index >= 15 is 0 Å². The average molecular weight is 265 g/mol. The lowest BCUT2D eigenvalue weighted by Crippen LogP contribution is -2.10. The summed E-state index contributed by atoms with van der Waals surface area (Å²) in [6.45, 7) is 0. The zero-order valence-corrected chi connectivity index (χ0v) is 9.31. The highest BCUT2D eigenvalue weighted by atomic mass is 79.9. The third kappa shape index (κ3) is 3.23. The van der Waals surface area contributed by atoms with Crippen LogP contribution in [0.1, 0.15) is 0 Å². The van der Waals surface area contributed by atoms with Crippen molar-refractivity contribution in [1.29, 1.82) is 0 Å². The van der Waals surface area contributed by atoms with Gasteiger partial charge in [0.05, 0.1) is 17.6 Å². The van der Waals surface area contributed by atoms with Crippen LogP contribution >= 0.6 is 15.9 Å². The van der Waals surface area contributed by atoms with Crippen molar-refractivity contribution in [3.8, 4) is 0 Å². The van der Waals surface area contributed by atoms with Crippen molar-refractivity contribution in [2.75, 3.05) is 16.7 Å². The van der Waals surface area contributed by atoms with E-state index in [1.165, 1.54) is 0 Å². The molecule has 0 aromatic heterocycles. The number of hydrogen-bond donors (Lipinski definition) is 2. The first-order valence-electron chi connectivity index (χ1n) is 3.41. The summed E-state index contributed by atoms with van der Waals surface area (Å²) in [6, 6.07) is 4.94. The van der Waals surface area contributed by atoms with E-state index in [0.29, 0.717) is 11.4 Å². The Kier molecular flexibility index (Phi) is 2.82. The number of halogens is 1. The van der Waals surface area contributed by atoms with Gasteiger partial charge in [-0.3, -0.25) is 4.72 Å². The minimum atomic E-state index is -3.26. The summed E-state index contributed by atoms with van der Waals surface area (Å²) in [7, 11) is -3.26. The third-order valence-electron chi connectivity index (χ3n) is 1.31. The fourth-order valence-corrected chi connectivity index (χ4v) is 1.79. The number of nitrogens with one attached hydrogen (secondary N) is 1. The van der Waals surface area contributed by atoms with Crippen LogP contribution in [0.2, 0.25) is 0 Å². The Hall–Kier alpha value is -0.750. The van der Waals surface area contributed by atoms with Crippen LogP contribution in [0.15, 0.2) is 22.7 Å². The van der Waals surface area contributed by atoms with Crippen molar-refractivity contribution >= 4 is 37.3 Å². The van der Waals surface area contributed by atoms with E-state index in [2.05, 4.69) is 20.7 Å². The number of nitrogens with two attached hydrogens (primary N) is 1. The molecular formula is C7H9BrN2O2S. The summed E-state index contributed by atoms with van der Waals surface area (Å²) in [5, 5.41) is 0. The highest BCUT2D eigenvalue weighted by Crippen LogP contribution is 2.23. The van der Waals surface area contributed by atoms with Gasteiger partial charge in [-0.05, 0) is 18.2 Å². The van der Waals surface area contributed by atoms with E-state index in [-0.39, 0.29) is 0 Å². The van der Waals surface area contributed by atoms with Crippen LogP contribution in [0.5, 0.6) is 0 Å². The van der Waals surface area contributed by atoms with E-state index in [1.54, 1.807) is 18.2 Å². The second kappa shape index (κ2) is 3.55. The molecule has 0 saturated heterocycles. The molecule has 6 heteroatoms. The van der Waals surface area contributed by atoms with Crippen LogP contribution in [0.25, 0.3) is 0 Å². The van der Waals surface area contributed by atoms with E-state index in [0.717, 1.165) is 10.7 Å². The maximum Gasteiger partial charge on any atom is 0.229 e. The summed E-state index contributed by atoms with van der Waals surface area (Å²) in [6.07, 6.45) is 1.08. The molecule has 0 aliphatic carbocycles. The lowest BCUT2D eigenvalue weighted by molar-refractivity contribution is 0.607. The van der Waals surface area contributed by atoms with Crippen molar-refractivity contribution in [3.63, 3.8) is 0 Å². The summed E-state index contributed by atoms with van der Waals surface area (Å²) in [4.78, 5) is 0. The first-order valence-corrected chi connectivity index (χ1v) is 6.10. The number of rotatable bonds is 2. The summed E-state index contributed by atoms with van der Waals surface area (Å²) >= 11 is 3.22. The van der Waals surface area contributed by atoms with Gasteiger partial charge in [-0.1, -0.05) is 15.9 Å². The van der Waals surface area contributed by atoms with Crippen molar-refractivity contribution < 1.29 is 8.42 Å². The molecule has 0 heterocycles. The smallest absolute Gasteiger partial charge is 0.229 e. The topological polar surface area (TPSA) is 72.2 Å². The van der Waals surface area contributed by atoms with Gasteiger partial charge in [-0.15, -0.1) is 0 Å². The Balaban J connectivity index is 3.04. The Morgan fingerprint density at radius 3 is 2.54 bits per heavy atom. The van der Waals surface area contributed by atoms with Crippen molar-refractivity contribution in [2.24, 2.45) is 0 Å². The molecule has 0 aliphatic heterocycles. The molecule has 0 aliphatic rings. The normalized spacial score (nSPS) is 11.2. The summed E-state index contributed by atoms with van der Waals surface area (Å²) < 4.78 is 24.8. The van der Waals surface area contributed by atoms with Crippen molar-refractivity contribution in [2.45, 2.75) is 0 Å². The molecule has 1 aromatic rings. The van der Waals surface area contributed by atoms with Crippen molar-refractivity contribution in [3.05, 3.63) is 22.7 Å². The molecular weight excluding hydrogens is 256 g/mol. The fraction of sp³-hybridized carbons (Fsp3) is 0.143. The third-order valence-corrected chi connectivity index (χ3v) is 2.39. The zero-order valence-electron chi connectivity index (χ0n) is 6.91. The molecule has 0 bridgehead atoms. The average Bonchev–Trinajstić information content (AvgIpc) is 1.93. The van der Waals surface area contributed by atoms with Crippen LogP contribution in [-0.2, 0) is 10.0 Å². The second-order valence-corrected chi connectivity index (χ2v) is 5.27. The van der Waals surface area contributed by atoms with Gasteiger partial charge >= 0.3 is 0 Å². The highest BCUT2D eigenvalue weighted by Gasteiger charge is 2.04. The zero-order chi connectivity index (χ0) is 10.1. The molecule has 13 heavy (non-hydrogen) atoms. The lowest BCUT2D eigenvalue weighted by atomic mass is 10.3. The Morgan fingerprint density at radius 1 is 1.46 bits per heavy atom. The van der Waals surface area contributed by atoms with Gasteiger partial charge in [0.15, 0.2) is 0 Å². The second-order valence-electron chi connectivity index (χ2n) is 2.61. The molecule has 0 atom stereocenters. The number of anilines is 2. The Morgan fingerprint density at radius 2 is 2.08 bits per heavy atom. The number of sulfonamides is 1. The maximum absolute atomic E-state index is 10.9. The predicted octanol–water partition coefficient (Wildman–Crippen LogP) is 1.40. The molecule has 1 rings (SSSR count). The van der Waals surface area contributed by atoms with Gasteiger partial charge in [0.25, 0.3) is 0 Å². The van der Waals surface area contributed by atoms with Crippen LogP contribution in [0, 0.1) is 0 Å². The van der Waals surface area contributed by atoms with E-state index in [9.17, 15) is 8.42 Å². The minimum absolute atomic E-state index is 0.389. The van der Waals surface area contributed by atoms with E-state index in [4.69, 9.17) is 5.73 Å². The van der Waals surface area contributed by atoms with Crippen molar-refractivity contribution in [1.82, 2.24) is 0 Å². The molecule has 0 fully saturated rings. The molecule has 0 radical (unpaired) electrons. The predicted molar refractivity (Wildman–Crippen MR) is 57.0 cm³/mol. The summed E-state index contributed by atoms with van der Waals surface area (Å²) in [5.41, 5.74) is 6.35. The van der Waals surface area contributed by atoms with E-state index < -0.39 is 10.0 Å². The minimum Gasteiger partial charge on any atom is -0.397 e. The molecule has 72 valence electrons. The van der Waals surface area contributed by atoms with Crippen LogP contribution in [-0.4, -0.2) is 14.7 Å². The molecule has 0 saturated carbocycles. The standard InChI is InChI=1S/C7H9BrN2O2S/c1-13(11,12)10-7-3-2-5(8)4-6(7)9/h2-4,10H,9H2,1H3. The molecule has 0 unspecified atom stereocenters. The van der Waals surface area contributed by atoms with Gasteiger partial charge in [-0.25, -0.2) is 8.42 Å². The summed E-state index contributed by atoms with van der Waals surface area (Å²) in [5.74, 6) is 0. The lowest BCUT2D eigenvalue weighted by Gasteiger charge is -2.06. The molecule has 0 spiro atoms. The van der Waals surface area contributed by atoms with Crippen LogP contribution in [0.4, 0.5) is 11.4 Å². The first kappa shape index (κ1) is 10.3. The monoisotopic (exact) mass is 264 g/mol. The fourth-order valence-electron chi connectivity index (χ4n) is 0.826. The number of hydrogen-bond acceptors (Lipinski definition) is 3. The Labute approximate surface area is 85.3 Å². The first-order chi connectivity index (χ1) is 5.88. The quantitative estimate of drug-likeness (QED) is 0.794. The van der Waals surface area contributed by atoms with E-state index in [1.807, 2.05) is 0 Å². The van der Waals surface area contributed by atoms with Gasteiger partial charge in [0.1, 0.15) is 0 Å². The molecule has 3 N–H and O–H groups in total. The van der Waals surface area contributed by atoms with Gasteiger partial charge in [0, 0.05) is 4.47 Å². The molecule has 4 nitrogen and oxygen atoms in total. The largest absolute Gasteiger partial charge is 0.397 e. The van der Waals surface area contributed by atoms with Gasteiger partial charge in [0.2, 0.25) is 10.0 Å². The van der Waals surface area contributed by atoms with Crippen LogP contribution < -0.4 is 10.5 Å². The molecule has 0 amide bonds. The van der Waals surface area contributed by atoms with Gasteiger partial charge in [-0.2, -0.15) is 0 Å². The van der Waals surface area contributed by atoms with Crippen LogP contribution in [0.3, 0.4) is 0 Å². The number of benzene rings is 1. The highest BCUT2D eigenvalue weighted by molar-refractivity contribution is 9.10. The van der Waals surface area contributed by atoms with Gasteiger partial charge < -0.3 is 5.73 Å². The Bertz CT molecular complexity index is 417. The number of nitrogen functional groups attached to an aromatic ring is 1. The SMILES string of the molecule is CS(=O)(=O)Nc1ccc(Br)cc1N. The maximum atomic E-state index is 10.9. The molecule has 1 aromatic carbocycles.